The summed E-state index contributed by atoms with van der Waals surface area (Å²) >= 11 is 4.40. The van der Waals surface area contributed by atoms with Gasteiger partial charge in [0.15, 0.2) is 5.69 Å². The molecule has 242 valence electrons. The minimum atomic E-state index is -6.18. The molecule has 0 aliphatic rings. The summed E-state index contributed by atoms with van der Waals surface area (Å²) in [7, 11) is -3.22. The van der Waals surface area contributed by atoms with Crippen molar-refractivity contribution in [2.24, 2.45) is 0 Å². The molecule has 0 aliphatic carbocycles. The molecular weight excluding hydrogens is 669 g/mol. The summed E-state index contributed by atoms with van der Waals surface area (Å²) in [5.41, 5.74) is -4.94. The van der Waals surface area contributed by atoms with Crippen LogP contribution in [0.3, 0.4) is 0 Å². The number of H-pyrrole nitrogens is 1. The van der Waals surface area contributed by atoms with Crippen molar-refractivity contribution in [2.75, 3.05) is 18.4 Å². The number of benzene rings is 3. The van der Waals surface area contributed by atoms with E-state index in [0.29, 0.717) is 11.3 Å². The van der Waals surface area contributed by atoms with Crippen molar-refractivity contribution in [3.63, 3.8) is 0 Å². The average molecular weight is 690 g/mol. The number of rotatable bonds is 7. The lowest BCUT2D eigenvalue weighted by Crippen LogP contribution is -2.28. The molecule has 0 unspecified atom stereocenters. The topological polar surface area (TPSA) is 130 Å². The lowest BCUT2D eigenvalue weighted by Gasteiger charge is -2.17. The Hall–Kier alpha value is -5.16. The monoisotopic (exact) mass is 689 g/mol. The van der Waals surface area contributed by atoms with E-state index in [1.165, 1.54) is 66.0 Å². The SMILES string of the molecule is CNC(=O)c1c(-c2ccc(F)cc2)oc2cc(N(C)S)c(-c3cnc(OS(=O)(=O)C(F)(F)F)c(-c4cc5c(F)cccc5[nH]4)n3)cc12. The van der Waals surface area contributed by atoms with E-state index in [9.17, 15) is 35.2 Å². The van der Waals surface area contributed by atoms with E-state index in [2.05, 4.69) is 37.3 Å². The molecule has 0 saturated heterocycles. The predicted molar refractivity (Wildman–Crippen MR) is 166 cm³/mol. The number of aromatic amines is 1. The molecule has 0 bridgehead atoms. The molecule has 10 nitrogen and oxygen atoms in total. The number of carbonyl (C=O) groups excluding carboxylic acids is 1. The number of carbonyl (C=O) groups is 1. The van der Waals surface area contributed by atoms with Crippen LogP contribution in [0.15, 0.2) is 71.3 Å². The standard InChI is InChI=1S/C30H20F5N5O5S2/c1-36-28(41)25-18-10-17(23(40(2)46)12-24(18)44-27(25)14-6-8-15(31)9-7-14)22-13-37-29(45-47(42,43)30(33,34)35)26(39-22)21-11-16-19(32)4-3-5-20(16)38-21/h3-13,38,46H,1-2H3,(H,36,41). The number of thiol groups is 1. The van der Waals surface area contributed by atoms with Crippen molar-refractivity contribution in [3.8, 4) is 39.8 Å². The highest BCUT2D eigenvalue weighted by Gasteiger charge is 2.49. The fraction of sp³-hybridized carbons (Fsp3) is 0.100. The molecule has 1 amide bonds. The highest BCUT2D eigenvalue weighted by molar-refractivity contribution is 7.88. The molecule has 2 N–H and O–H groups in total. The Kier molecular flexibility index (Phi) is 7.83. The zero-order valence-electron chi connectivity index (χ0n) is 24.0. The van der Waals surface area contributed by atoms with E-state index < -0.39 is 44.7 Å². The van der Waals surface area contributed by atoms with E-state index in [1.54, 1.807) is 7.05 Å². The van der Waals surface area contributed by atoms with Gasteiger partial charge in [0.2, 0.25) is 0 Å². The van der Waals surface area contributed by atoms with Crippen LogP contribution < -0.4 is 13.8 Å². The molecule has 0 radical (unpaired) electrons. The fourth-order valence-corrected chi connectivity index (χ4v) is 5.49. The van der Waals surface area contributed by atoms with E-state index in [0.717, 1.165) is 12.3 Å². The largest absolute Gasteiger partial charge is 0.534 e. The van der Waals surface area contributed by atoms with Gasteiger partial charge in [-0.05, 0) is 48.5 Å². The van der Waals surface area contributed by atoms with Gasteiger partial charge in [0.25, 0.3) is 11.8 Å². The zero-order valence-corrected chi connectivity index (χ0v) is 25.7. The molecule has 6 aromatic rings. The van der Waals surface area contributed by atoms with Crippen LogP contribution in [-0.4, -0.2) is 48.9 Å². The summed E-state index contributed by atoms with van der Waals surface area (Å²) in [6.45, 7) is 0. The maximum Gasteiger partial charge on any atom is 0.534 e. The summed E-state index contributed by atoms with van der Waals surface area (Å²) in [6.07, 6.45) is 0.969. The Morgan fingerprint density at radius 3 is 2.43 bits per heavy atom. The second-order valence-electron chi connectivity index (χ2n) is 10.1. The van der Waals surface area contributed by atoms with Gasteiger partial charge in [0.05, 0.1) is 28.8 Å². The van der Waals surface area contributed by atoms with Crippen LogP contribution in [-0.2, 0) is 10.1 Å². The minimum Gasteiger partial charge on any atom is -0.455 e. The molecule has 47 heavy (non-hydrogen) atoms. The fourth-order valence-electron chi connectivity index (χ4n) is 4.90. The number of hydrogen-bond acceptors (Lipinski definition) is 9. The molecule has 0 fully saturated rings. The number of hydrogen-bond donors (Lipinski definition) is 3. The van der Waals surface area contributed by atoms with Gasteiger partial charge in [-0.25, -0.2) is 18.7 Å². The van der Waals surface area contributed by atoms with Gasteiger partial charge in [-0.2, -0.15) is 21.6 Å². The maximum atomic E-state index is 14.5. The molecule has 17 heteroatoms. The third-order valence-electron chi connectivity index (χ3n) is 7.07. The Morgan fingerprint density at radius 2 is 1.79 bits per heavy atom. The van der Waals surface area contributed by atoms with Gasteiger partial charge < -0.3 is 23.2 Å². The first-order chi connectivity index (χ1) is 22.2. The van der Waals surface area contributed by atoms with Crippen molar-refractivity contribution in [2.45, 2.75) is 5.51 Å². The summed E-state index contributed by atoms with van der Waals surface area (Å²) in [4.78, 5) is 24.2. The normalized spacial score (nSPS) is 12.1. The van der Waals surface area contributed by atoms with Gasteiger partial charge >= 0.3 is 15.6 Å². The highest BCUT2D eigenvalue weighted by atomic mass is 32.2. The number of fused-ring (bicyclic) bond motifs is 2. The van der Waals surface area contributed by atoms with Crippen LogP contribution in [0, 0.1) is 11.6 Å². The first-order valence-corrected chi connectivity index (χ1v) is 15.2. The van der Waals surface area contributed by atoms with Crippen LogP contribution >= 0.6 is 12.8 Å². The molecule has 3 aromatic carbocycles. The Balaban J connectivity index is 1.61. The van der Waals surface area contributed by atoms with Crippen molar-refractivity contribution in [1.29, 1.82) is 0 Å². The van der Waals surface area contributed by atoms with Crippen molar-refractivity contribution >= 4 is 56.4 Å². The van der Waals surface area contributed by atoms with E-state index in [4.69, 9.17) is 4.42 Å². The number of aromatic nitrogens is 3. The predicted octanol–water partition coefficient (Wildman–Crippen LogP) is 6.85. The van der Waals surface area contributed by atoms with Gasteiger partial charge in [-0.1, -0.05) is 18.9 Å². The number of halogens is 5. The molecule has 6 rings (SSSR count). The van der Waals surface area contributed by atoms with E-state index >= 15 is 0 Å². The number of furan rings is 1. The third kappa shape index (κ3) is 5.71. The first kappa shape index (κ1) is 31.8. The molecule has 0 saturated carbocycles. The number of amides is 1. The molecule has 3 heterocycles. The molecule has 0 spiro atoms. The molecule has 0 atom stereocenters. The highest BCUT2D eigenvalue weighted by Crippen LogP contribution is 2.42. The second kappa shape index (κ2) is 11.6. The Bertz CT molecular complexity index is 2300. The van der Waals surface area contributed by atoms with E-state index in [-0.39, 0.29) is 50.1 Å². The van der Waals surface area contributed by atoms with Gasteiger partial charge in [-0.15, -0.1) is 0 Å². The van der Waals surface area contributed by atoms with Crippen LogP contribution in [0.2, 0.25) is 0 Å². The summed E-state index contributed by atoms with van der Waals surface area (Å²) in [5, 5.41) is 2.85. The van der Waals surface area contributed by atoms with Crippen molar-refractivity contribution < 1.29 is 43.8 Å². The molecule has 3 aromatic heterocycles. The van der Waals surface area contributed by atoms with Crippen LogP contribution in [0.4, 0.5) is 27.6 Å². The number of nitrogens with one attached hydrogen (secondary N) is 2. The quantitative estimate of drug-likeness (QED) is 0.0718. The van der Waals surface area contributed by atoms with Crippen molar-refractivity contribution in [3.05, 3.63) is 84.1 Å². The number of anilines is 1. The van der Waals surface area contributed by atoms with Gasteiger partial charge in [0, 0.05) is 47.6 Å². The zero-order chi connectivity index (χ0) is 33.8. The van der Waals surface area contributed by atoms with Crippen LogP contribution in [0.25, 0.3) is 55.8 Å². The summed E-state index contributed by atoms with van der Waals surface area (Å²) in [5.74, 6) is -2.63. The third-order valence-corrected chi connectivity index (χ3v) is 8.23. The number of alkyl halides is 3. The molecule has 0 aliphatic heterocycles. The van der Waals surface area contributed by atoms with Crippen molar-refractivity contribution in [1.82, 2.24) is 20.3 Å². The van der Waals surface area contributed by atoms with Gasteiger partial charge in [-0.3, -0.25) is 4.79 Å². The van der Waals surface area contributed by atoms with E-state index in [1.807, 2.05) is 0 Å². The minimum absolute atomic E-state index is 0.0268. The maximum absolute atomic E-state index is 14.5. The average Bonchev–Trinajstić information content (AvgIpc) is 3.62. The van der Waals surface area contributed by atoms with Crippen LogP contribution in [0.1, 0.15) is 10.4 Å². The molecular formula is C30H20F5N5O5S2. The lowest BCUT2D eigenvalue weighted by atomic mass is 10.0. The Morgan fingerprint density at radius 1 is 1.06 bits per heavy atom. The van der Waals surface area contributed by atoms with Crippen LogP contribution in [0.5, 0.6) is 5.88 Å². The number of nitrogens with zero attached hydrogens (tertiary/aromatic N) is 3. The first-order valence-electron chi connectivity index (χ1n) is 13.4. The second-order valence-corrected chi connectivity index (χ2v) is 12.2. The lowest BCUT2D eigenvalue weighted by molar-refractivity contribution is -0.0501. The summed E-state index contributed by atoms with van der Waals surface area (Å²) in [6, 6.07) is 13.5. The van der Waals surface area contributed by atoms with Gasteiger partial charge in [0.1, 0.15) is 23.0 Å². The smallest absolute Gasteiger partial charge is 0.455 e. The Labute approximate surface area is 267 Å². The summed E-state index contributed by atoms with van der Waals surface area (Å²) < 4.78 is 104.